The molecule has 0 heterocycles. The zero-order chi connectivity index (χ0) is 32.5. The monoisotopic (exact) mass is 658 g/mol. The quantitative estimate of drug-likeness (QED) is 0.295. The van der Waals surface area contributed by atoms with E-state index in [2.05, 4.69) is 0 Å². The molecule has 45 heavy (non-hydrogen) atoms. The summed E-state index contributed by atoms with van der Waals surface area (Å²) in [6, 6.07) is 7.35. The van der Waals surface area contributed by atoms with Gasteiger partial charge in [-0.2, -0.15) is 0 Å². The Balaban J connectivity index is 1.50. The molecule has 3 unspecified atom stereocenters. The largest absolute Gasteiger partial charge is 0.506 e. The highest BCUT2D eigenvalue weighted by atomic mass is 35.5. The number of allylic oxidation sites excluding steroid dienone is 4. The summed E-state index contributed by atoms with van der Waals surface area (Å²) in [5.74, 6) is -2.46. The van der Waals surface area contributed by atoms with Crippen LogP contribution in [0.1, 0.15) is 61.9 Å². The molecule has 238 valence electrons. The van der Waals surface area contributed by atoms with Gasteiger partial charge in [-0.25, -0.2) is 13.6 Å². The number of ether oxygens (including phenoxy) is 1. The number of rotatable bonds is 6. The van der Waals surface area contributed by atoms with E-state index in [0.717, 1.165) is 0 Å². The maximum atomic E-state index is 17.7. The molecule has 0 aromatic heterocycles. The summed E-state index contributed by atoms with van der Waals surface area (Å²) in [6.07, 6.45) is 3.79. The van der Waals surface area contributed by atoms with Crippen LogP contribution in [0.15, 0.2) is 60.2 Å². The normalized spacial score (nSPS) is 35.2. The molecule has 0 saturated heterocycles. The average Bonchev–Trinajstić information content (AvgIpc) is 3.29. The Morgan fingerprint density at radius 3 is 2.51 bits per heavy atom. The van der Waals surface area contributed by atoms with Crippen molar-refractivity contribution < 1.29 is 43.2 Å². The van der Waals surface area contributed by atoms with E-state index in [4.69, 9.17) is 16.3 Å². The first-order valence-electron chi connectivity index (χ1n) is 14.8. The van der Waals surface area contributed by atoms with Gasteiger partial charge in [0.05, 0.1) is 22.1 Å². The van der Waals surface area contributed by atoms with E-state index in [1.807, 2.05) is 0 Å². The summed E-state index contributed by atoms with van der Waals surface area (Å²) in [4.78, 5) is 39.1. The van der Waals surface area contributed by atoms with Gasteiger partial charge in [-0.1, -0.05) is 41.9 Å². The zero-order valence-corrected chi connectivity index (χ0v) is 26.3. The molecule has 11 heteroatoms. The second-order valence-corrected chi connectivity index (χ2v) is 14.3. The van der Waals surface area contributed by atoms with E-state index in [-0.39, 0.29) is 52.0 Å². The highest BCUT2D eigenvalue weighted by molar-refractivity contribution is 8.13. The number of hydrogen-bond donors (Lipinski definition) is 3. The molecule has 0 bridgehead atoms. The molecule has 6 rings (SSSR count). The number of alkyl halides is 2. The Labute approximate surface area is 268 Å². The van der Waals surface area contributed by atoms with Gasteiger partial charge in [0.2, 0.25) is 5.12 Å². The summed E-state index contributed by atoms with van der Waals surface area (Å²) >= 11 is 6.49. The number of thioether (sulfide) groups is 1. The number of halogens is 3. The lowest BCUT2D eigenvalue weighted by atomic mass is 9.43. The number of fused-ring (bicyclic) bond motifs is 5. The van der Waals surface area contributed by atoms with Crippen LogP contribution in [-0.2, 0) is 15.0 Å². The number of aromatic hydroxyl groups is 1. The molecule has 7 atom stereocenters. The summed E-state index contributed by atoms with van der Waals surface area (Å²) in [5, 5.41) is 31.4. The standard InChI is InChI=1S/C34H33ClF2O7S/c1-31-11-9-19(38)13-18(31)3-7-24-23-10-12-33(30(43)45-17-36,32(23,2)16-28(40)34(24,31)37)25-14-20(4-6-22(25)29(41)42)44-21-5-8-27(39)26(35)15-21/h4-6,8-9,11,13-15,23-24,28,39-40H,3,7,10,12,16-17H2,1-2H3,(H,41,42)/t23?,24?,28-,31-,32-,33-,34?/m0/s1. The Bertz CT molecular complexity index is 1680. The van der Waals surface area contributed by atoms with Crippen LogP contribution in [-0.4, -0.2) is 50.0 Å². The van der Waals surface area contributed by atoms with Crippen LogP contribution in [0.3, 0.4) is 0 Å². The van der Waals surface area contributed by atoms with Gasteiger partial charge >= 0.3 is 5.97 Å². The first-order valence-corrected chi connectivity index (χ1v) is 16.2. The second kappa shape index (κ2) is 11.0. The number of carboxylic acids is 1. The van der Waals surface area contributed by atoms with E-state index in [0.29, 0.717) is 36.6 Å². The van der Waals surface area contributed by atoms with Crippen molar-refractivity contribution in [1.82, 2.24) is 0 Å². The van der Waals surface area contributed by atoms with Gasteiger partial charge in [-0.15, -0.1) is 0 Å². The molecular weight excluding hydrogens is 626 g/mol. The van der Waals surface area contributed by atoms with Crippen LogP contribution in [0.2, 0.25) is 5.02 Å². The lowest BCUT2D eigenvalue weighted by Crippen LogP contribution is -2.68. The molecular formula is C34H33ClF2O7S. The fourth-order valence-electron chi connectivity index (χ4n) is 9.11. The number of aliphatic hydroxyl groups is 1. The van der Waals surface area contributed by atoms with Crippen LogP contribution < -0.4 is 4.74 Å². The minimum Gasteiger partial charge on any atom is -0.506 e. The molecule has 7 nitrogen and oxygen atoms in total. The summed E-state index contributed by atoms with van der Waals surface area (Å²) in [5.41, 5.74) is -5.60. The number of ketones is 1. The van der Waals surface area contributed by atoms with E-state index in [1.54, 1.807) is 19.9 Å². The number of hydrogen-bond acceptors (Lipinski definition) is 7. The Morgan fingerprint density at radius 2 is 1.82 bits per heavy atom. The van der Waals surface area contributed by atoms with Gasteiger partial charge in [0.1, 0.15) is 23.3 Å². The molecule has 0 aliphatic heterocycles. The topological polar surface area (TPSA) is 121 Å². The van der Waals surface area contributed by atoms with Gasteiger partial charge in [0, 0.05) is 17.4 Å². The molecule has 4 aliphatic carbocycles. The van der Waals surface area contributed by atoms with Crippen molar-refractivity contribution in [2.24, 2.45) is 22.7 Å². The molecule has 3 N–H and O–H groups in total. The number of phenols is 1. The van der Waals surface area contributed by atoms with Crippen molar-refractivity contribution in [1.29, 1.82) is 0 Å². The van der Waals surface area contributed by atoms with Crippen LogP contribution in [0.25, 0.3) is 0 Å². The summed E-state index contributed by atoms with van der Waals surface area (Å²) in [6.45, 7) is 3.49. The van der Waals surface area contributed by atoms with E-state index >= 15 is 4.39 Å². The van der Waals surface area contributed by atoms with Crippen molar-refractivity contribution in [2.45, 2.75) is 63.1 Å². The fourth-order valence-corrected chi connectivity index (χ4v) is 10.1. The maximum absolute atomic E-state index is 17.7. The van der Waals surface area contributed by atoms with Gasteiger partial charge in [-0.3, -0.25) is 9.59 Å². The summed E-state index contributed by atoms with van der Waals surface area (Å²) < 4.78 is 37.6. The van der Waals surface area contributed by atoms with Crippen molar-refractivity contribution in [3.8, 4) is 17.2 Å². The number of aromatic carboxylic acids is 1. The third-order valence-corrected chi connectivity index (χ3v) is 12.2. The molecule has 2 aromatic carbocycles. The molecule has 3 saturated carbocycles. The number of carbonyl (C=O) groups is 3. The van der Waals surface area contributed by atoms with Crippen molar-refractivity contribution in [3.05, 3.63) is 76.3 Å². The lowest BCUT2D eigenvalue weighted by Gasteiger charge is -2.63. The number of carbonyl (C=O) groups excluding carboxylic acids is 2. The predicted octanol–water partition coefficient (Wildman–Crippen LogP) is 7.33. The summed E-state index contributed by atoms with van der Waals surface area (Å²) in [7, 11) is 0. The maximum Gasteiger partial charge on any atom is 0.336 e. The van der Waals surface area contributed by atoms with Crippen LogP contribution >= 0.6 is 23.4 Å². The molecule has 3 fully saturated rings. The highest BCUT2D eigenvalue weighted by Gasteiger charge is 2.74. The fraction of sp³-hybridized carbons (Fsp3) is 0.441. The Morgan fingerprint density at radius 1 is 1.11 bits per heavy atom. The van der Waals surface area contributed by atoms with Crippen LogP contribution in [0, 0.1) is 22.7 Å². The van der Waals surface area contributed by atoms with Gasteiger partial charge < -0.3 is 20.1 Å². The minimum atomic E-state index is -2.15. The first-order chi connectivity index (χ1) is 21.2. The Hall–Kier alpha value is -3.21. The molecule has 4 aliphatic rings. The number of phenolic OH excluding ortho intramolecular Hbond substituents is 1. The average molecular weight is 659 g/mol. The van der Waals surface area contributed by atoms with Gasteiger partial charge in [0.15, 0.2) is 11.5 Å². The molecule has 0 radical (unpaired) electrons. The molecule has 0 amide bonds. The van der Waals surface area contributed by atoms with Crippen LogP contribution in [0.4, 0.5) is 8.78 Å². The van der Waals surface area contributed by atoms with Crippen molar-refractivity contribution in [3.63, 3.8) is 0 Å². The third kappa shape index (κ3) is 4.42. The number of benzene rings is 2. The van der Waals surface area contributed by atoms with E-state index < -0.39 is 56.9 Å². The number of aliphatic hydroxyl groups excluding tert-OH is 1. The van der Waals surface area contributed by atoms with Crippen molar-refractivity contribution >= 4 is 40.2 Å². The molecule has 2 aromatic rings. The highest BCUT2D eigenvalue weighted by Crippen LogP contribution is 2.72. The van der Waals surface area contributed by atoms with E-state index in [1.165, 1.54) is 48.6 Å². The first kappa shape index (κ1) is 31.8. The van der Waals surface area contributed by atoms with E-state index in [9.17, 15) is 34.1 Å². The van der Waals surface area contributed by atoms with Crippen molar-refractivity contribution in [2.75, 3.05) is 6.01 Å². The molecule has 0 spiro atoms. The third-order valence-electron chi connectivity index (χ3n) is 11.2. The predicted molar refractivity (Wildman–Crippen MR) is 165 cm³/mol. The Kier molecular flexibility index (Phi) is 7.73. The van der Waals surface area contributed by atoms with Crippen LogP contribution in [0.5, 0.6) is 17.2 Å². The lowest BCUT2D eigenvalue weighted by molar-refractivity contribution is -0.197. The smallest absolute Gasteiger partial charge is 0.336 e. The minimum absolute atomic E-state index is 0.0364. The van der Waals surface area contributed by atoms with Gasteiger partial charge in [-0.05, 0) is 98.4 Å². The second-order valence-electron chi connectivity index (χ2n) is 13.0. The zero-order valence-electron chi connectivity index (χ0n) is 24.7. The number of carboxylic acid groups (broad SMARTS) is 1. The van der Waals surface area contributed by atoms with Gasteiger partial charge in [0.25, 0.3) is 0 Å². The SMILES string of the molecule is C[C@]12C=CC(=O)C=C1CCC1C3CC[C@@](C(=O)SCF)(c4cc(Oc5ccc(O)c(Cl)c5)ccc4C(=O)O)[C@@]3(C)C[C@H](O)C12F.